The van der Waals surface area contributed by atoms with Gasteiger partial charge in [-0.05, 0) is 19.8 Å². The lowest BCUT2D eigenvalue weighted by Crippen LogP contribution is -2.32. The van der Waals surface area contributed by atoms with E-state index in [0.29, 0.717) is 5.84 Å². The van der Waals surface area contributed by atoms with Crippen LogP contribution >= 0.6 is 0 Å². The molecule has 17 heavy (non-hydrogen) atoms. The molecule has 0 atom stereocenters. The van der Waals surface area contributed by atoms with Gasteiger partial charge in [0.2, 0.25) is 0 Å². The number of esters is 1. The zero-order chi connectivity index (χ0) is 12.4. The van der Waals surface area contributed by atoms with E-state index in [-0.39, 0.29) is 23.7 Å². The van der Waals surface area contributed by atoms with Gasteiger partial charge in [-0.2, -0.15) is 0 Å². The van der Waals surface area contributed by atoms with Gasteiger partial charge in [0.1, 0.15) is 11.4 Å². The van der Waals surface area contributed by atoms with Crippen LogP contribution < -0.4 is 5.73 Å². The van der Waals surface area contributed by atoms with Gasteiger partial charge in [-0.15, -0.1) is 0 Å². The predicted molar refractivity (Wildman–Crippen MR) is 63.8 cm³/mol. The van der Waals surface area contributed by atoms with Crippen molar-refractivity contribution in [3.8, 4) is 0 Å². The summed E-state index contributed by atoms with van der Waals surface area (Å²) in [6.45, 7) is 3.72. The molecule has 0 aromatic carbocycles. The molecule has 2 aliphatic heterocycles. The number of carbonyl (C=O) groups excluding carboxylic acids is 1. The van der Waals surface area contributed by atoms with Crippen LogP contribution in [0.25, 0.3) is 0 Å². The van der Waals surface area contributed by atoms with Crippen LogP contribution in [0.1, 0.15) is 19.8 Å². The van der Waals surface area contributed by atoms with Crippen LogP contribution in [0.2, 0.25) is 0 Å². The van der Waals surface area contributed by atoms with Crippen LogP contribution in [0.3, 0.4) is 0 Å². The summed E-state index contributed by atoms with van der Waals surface area (Å²) in [6.07, 6.45) is 2.14. The molecular weight excluding hydrogens is 220 g/mol. The van der Waals surface area contributed by atoms with Crippen LogP contribution in [-0.2, 0) is 9.53 Å². The SMILES string of the molecule is CCOC(=O)C1=C(N)C(=N)N=C1N1CCCC1. The fourth-order valence-electron chi connectivity index (χ4n) is 2.02. The molecule has 92 valence electrons. The molecule has 0 amide bonds. The van der Waals surface area contributed by atoms with Crippen molar-refractivity contribution in [1.29, 1.82) is 5.41 Å². The number of hydrogen-bond acceptors (Lipinski definition) is 5. The molecule has 0 aromatic rings. The van der Waals surface area contributed by atoms with Crippen LogP contribution in [-0.4, -0.2) is 42.2 Å². The number of likely N-dealkylation sites (tertiary alicyclic amines) is 1. The Morgan fingerprint density at radius 1 is 1.53 bits per heavy atom. The molecule has 0 saturated carbocycles. The number of nitrogens with one attached hydrogen (secondary N) is 1. The number of hydrogen-bond donors (Lipinski definition) is 2. The van der Waals surface area contributed by atoms with Crippen molar-refractivity contribution in [2.75, 3.05) is 19.7 Å². The lowest BCUT2D eigenvalue weighted by molar-refractivity contribution is -0.137. The Hall–Kier alpha value is -1.85. The van der Waals surface area contributed by atoms with E-state index in [2.05, 4.69) is 4.99 Å². The number of aliphatic imine (C=N–C) groups is 1. The summed E-state index contributed by atoms with van der Waals surface area (Å²) in [6, 6.07) is 0. The van der Waals surface area contributed by atoms with Crippen molar-refractivity contribution in [2.24, 2.45) is 10.7 Å². The van der Waals surface area contributed by atoms with Crippen molar-refractivity contribution in [2.45, 2.75) is 19.8 Å². The normalized spacial score (nSPS) is 19.9. The first-order chi connectivity index (χ1) is 8.15. The minimum absolute atomic E-state index is 0.0463. The third-order valence-electron chi connectivity index (χ3n) is 2.85. The first-order valence-corrected chi connectivity index (χ1v) is 5.75. The summed E-state index contributed by atoms with van der Waals surface area (Å²) >= 11 is 0. The van der Waals surface area contributed by atoms with E-state index in [1.165, 1.54) is 0 Å². The summed E-state index contributed by atoms with van der Waals surface area (Å²) in [5.74, 6) is -0.0312. The molecule has 2 rings (SSSR count). The van der Waals surface area contributed by atoms with E-state index in [1.54, 1.807) is 6.92 Å². The average Bonchev–Trinajstić information content (AvgIpc) is 2.88. The van der Waals surface area contributed by atoms with Gasteiger partial charge in [-0.3, -0.25) is 5.41 Å². The molecule has 6 nitrogen and oxygen atoms in total. The fourth-order valence-corrected chi connectivity index (χ4v) is 2.02. The van der Waals surface area contributed by atoms with Crippen LogP contribution in [0.5, 0.6) is 0 Å². The molecule has 6 heteroatoms. The minimum Gasteiger partial charge on any atom is -0.462 e. The molecule has 0 spiro atoms. The highest BCUT2D eigenvalue weighted by atomic mass is 16.5. The largest absolute Gasteiger partial charge is 0.462 e. The maximum atomic E-state index is 11.8. The van der Waals surface area contributed by atoms with Crippen molar-refractivity contribution < 1.29 is 9.53 Å². The van der Waals surface area contributed by atoms with Gasteiger partial charge in [0.05, 0.1) is 12.3 Å². The standard InChI is InChI=1S/C11H16N4O2/c1-2-17-11(16)7-8(12)9(13)14-10(7)15-5-3-4-6-15/h2-6H2,1H3,(H3,12,13,14). The highest BCUT2D eigenvalue weighted by molar-refractivity contribution is 6.30. The van der Waals surface area contributed by atoms with Crippen molar-refractivity contribution in [3.63, 3.8) is 0 Å². The third kappa shape index (κ3) is 2.02. The highest BCUT2D eigenvalue weighted by Crippen LogP contribution is 2.21. The Labute approximate surface area is 99.6 Å². The molecule has 0 radical (unpaired) electrons. The number of nitrogens with two attached hydrogens (primary N) is 1. The summed E-state index contributed by atoms with van der Waals surface area (Å²) in [7, 11) is 0. The fraction of sp³-hybridized carbons (Fsp3) is 0.545. The van der Waals surface area contributed by atoms with Gasteiger partial charge < -0.3 is 15.4 Å². The first-order valence-electron chi connectivity index (χ1n) is 5.75. The maximum Gasteiger partial charge on any atom is 0.344 e. The number of carbonyl (C=O) groups is 1. The van der Waals surface area contributed by atoms with E-state index in [1.807, 2.05) is 4.90 Å². The van der Waals surface area contributed by atoms with Crippen LogP contribution in [0.15, 0.2) is 16.3 Å². The third-order valence-corrected chi connectivity index (χ3v) is 2.85. The number of rotatable bonds is 2. The first kappa shape index (κ1) is 11.6. The van der Waals surface area contributed by atoms with Crippen molar-refractivity contribution in [3.05, 3.63) is 11.3 Å². The molecule has 2 aliphatic rings. The molecule has 0 aromatic heterocycles. The van der Waals surface area contributed by atoms with E-state index in [0.717, 1.165) is 25.9 Å². The smallest absolute Gasteiger partial charge is 0.344 e. The molecule has 0 aliphatic carbocycles. The number of ether oxygens (including phenoxy) is 1. The van der Waals surface area contributed by atoms with Gasteiger partial charge in [-0.25, -0.2) is 9.79 Å². The zero-order valence-electron chi connectivity index (χ0n) is 9.82. The summed E-state index contributed by atoms with van der Waals surface area (Å²) in [5.41, 5.74) is 6.09. The number of nitrogens with zero attached hydrogens (tertiary/aromatic N) is 2. The topological polar surface area (TPSA) is 91.8 Å². The van der Waals surface area contributed by atoms with E-state index in [9.17, 15) is 4.79 Å². The van der Waals surface area contributed by atoms with Crippen LogP contribution in [0.4, 0.5) is 0 Å². The van der Waals surface area contributed by atoms with Gasteiger partial charge in [-0.1, -0.05) is 0 Å². The van der Waals surface area contributed by atoms with E-state index < -0.39 is 5.97 Å². The van der Waals surface area contributed by atoms with Gasteiger partial charge >= 0.3 is 5.97 Å². The molecular formula is C11H16N4O2. The number of amidine groups is 2. The molecule has 2 heterocycles. The molecule has 1 saturated heterocycles. The van der Waals surface area contributed by atoms with Crippen molar-refractivity contribution >= 4 is 17.6 Å². The Kier molecular flexibility index (Phi) is 3.12. The molecule has 0 bridgehead atoms. The average molecular weight is 236 g/mol. The predicted octanol–water partition coefficient (Wildman–Crippen LogP) is 0.247. The lowest BCUT2D eigenvalue weighted by atomic mass is 10.2. The van der Waals surface area contributed by atoms with E-state index >= 15 is 0 Å². The van der Waals surface area contributed by atoms with E-state index in [4.69, 9.17) is 15.9 Å². The van der Waals surface area contributed by atoms with Gasteiger partial charge in [0, 0.05) is 13.1 Å². The maximum absolute atomic E-state index is 11.8. The quantitative estimate of drug-likeness (QED) is 0.672. The Morgan fingerprint density at radius 2 is 2.18 bits per heavy atom. The molecule has 1 fully saturated rings. The van der Waals surface area contributed by atoms with Crippen LogP contribution in [0, 0.1) is 5.41 Å². The zero-order valence-corrected chi connectivity index (χ0v) is 9.82. The highest BCUT2D eigenvalue weighted by Gasteiger charge is 2.33. The Bertz CT molecular complexity index is 419. The second kappa shape index (κ2) is 4.57. The monoisotopic (exact) mass is 236 g/mol. The van der Waals surface area contributed by atoms with Gasteiger partial charge in [0.25, 0.3) is 0 Å². The molecule has 3 N–H and O–H groups in total. The lowest BCUT2D eigenvalue weighted by Gasteiger charge is -2.18. The summed E-state index contributed by atoms with van der Waals surface area (Å²) in [5, 5.41) is 7.60. The summed E-state index contributed by atoms with van der Waals surface area (Å²) < 4.78 is 4.95. The minimum atomic E-state index is -0.488. The van der Waals surface area contributed by atoms with Gasteiger partial charge in [0.15, 0.2) is 5.84 Å². The second-order valence-electron chi connectivity index (χ2n) is 3.99. The molecule has 0 unspecified atom stereocenters. The Morgan fingerprint density at radius 3 is 2.76 bits per heavy atom. The second-order valence-corrected chi connectivity index (χ2v) is 3.99. The Balaban J connectivity index is 2.28. The summed E-state index contributed by atoms with van der Waals surface area (Å²) in [4.78, 5) is 17.9. The van der Waals surface area contributed by atoms with Crippen molar-refractivity contribution in [1.82, 2.24) is 4.90 Å².